The fraction of sp³-hybridized carbons (Fsp3) is 0.923. The molecule has 2 fully saturated rings. The maximum Gasteiger partial charge on any atom is 0.238 e. The van der Waals surface area contributed by atoms with E-state index >= 15 is 0 Å². The summed E-state index contributed by atoms with van der Waals surface area (Å²) in [6.07, 6.45) is 4.60. The van der Waals surface area contributed by atoms with Crippen molar-refractivity contribution in [3.05, 3.63) is 0 Å². The molecular formula is C13H24N2O2. The highest BCUT2D eigenvalue weighted by Crippen LogP contribution is 2.26. The molecule has 0 aromatic heterocycles. The maximum atomic E-state index is 12.0. The van der Waals surface area contributed by atoms with Gasteiger partial charge in [-0.3, -0.25) is 10.1 Å². The molecule has 4 heteroatoms. The van der Waals surface area contributed by atoms with Gasteiger partial charge in [-0.15, -0.1) is 0 Å². The maximum absolute atomic E-state index is 12.0. The molecule has 0 saturated carbocycles. The molecule has 0 spiro atoms. The summed E-state index contributed by atoms with van der Waals surface area (Å²) in [5.74, 6) is 0.870. The molecule has 2 heterocycles. The lowest BCUT2D eigenvalue weighted by atomic mass is 9.91. The van der Waals surface area contributed by atoms with E-state index in [0.717, 1.165) is 38.9 Å². The molecule has 0 aromatic carbocycles. The number of ether oxygens (including phenoxy) is 1. The van der Waals surface area contributed by atoms with Crippen LogP contribution in [0.1, 0.15) is 39.5 Å². The van der Waals surface area contributed by atoms with E-state index in [4.69, 9.17) is 4.74 Å². The SMILES string of the molecule is CCCC1NCC(=O)N1C(C)C1CCOCC1. The molecule has 2 aliphatic heterocycles. The van der Waals surface area contributed by atoms with Gasteiger partial charge in [0, 0.05) is 19.3 Å². The van der Waals surface area contributed by atoms with Gasteiger partial charge in [-0.1, -0.05) is 13.3 Å². The molecule has 0 radical (unpaired) electrons. The number of carbonyl (C=O) groups is 1. The Labute approximate surface area is 104 Å². The van der Waals surface area contributed by atoms with E-state index in [1.54, 1.807) is 0 Å². The van der Waals surface area contributed by atoms with Crippen LogP contribution in [0.15, 0.2) is 0 Å². The lowest BCUT2D eigenvalue weighted by Crippen LogP contribution is -2.47. The molecule has 98 valence electrons. The van der Waals surface area contributed by atoms with E-state index in [1.165, 1.54) is 0 Å². The van der Waals surface area contributed by atoms with Crippen molar-refractivity contribution in [1.82, 2.24) is 10.2 Å². The van der Waals surface area contributed by atoms with Gasteiger partial charge >= 0.3 is 0 Å². The molecule has 1 amide bonds. The van der Waals surface area contributed by atoms with E-state index in [2.05, 4.69) is 24.1 Å². The van der Waals surface area contributed by atoms with Crippen molar-refractivity contribution in [2.75, 3.05) is 19.8 Å². The smallest absolute Gasteiger partial charge is 0.238 e. The molecule has 17 heavy (non-hydrogen) atoms. The molecule has 1 N–H and O–H groups in total. The molecule has 2 saturated heterocycles. The van der Waals surface area contributed by atoms with Crippen molar-refractivity contribution < 1.29 is 9.53 Å². The zero-order chi connectivity index (χ0) is 12.3. The van der Waals surface area contributed by atoms with Crippen LogP contribution >= 0.6 is 0 Å². The van der Waals surface area contributed by atoms with Crippen molar-refractivity contribution in [3.8, 4) is 0 Å². The van der Waals surface area contributed by atoms with Gasteiger partial charge in [-0.25, -0.2) is 0 Å². The Kier molecular flexibility index (Phi) is 4.40. The van der Waals surface area contributed by atoms with Gasteiger partial charge in [-0.05, 0) is 32.1 Å². The van der Waals surface area contributed by atoms with Crippen LogP contribution in [-0.4, -0.2) is 42.8 Å². The second-order valence-corrected chi connectivity index (χ2v) is 5.18. The van der Waals surface area contributed by atoms with Gasteiger partial charge < -0.3 is 9.64 Å². The third-order valence-corrected chi connectivity index (χ3v) is 4.06. The van der Waals surface area contributed by atoms with Crippen LogP contribution < -0.4 is 5.32 Å². The number of nitrogens with one attached hydrogen (secondary N) is 1. The van der Waals surface area contributed by atoms with Crippen molar-refractivity contribution in [2.24, 2.45) is 5.92 Å². The van der Waals surface area contributed by atoms with E-state index in [0.29, 0.717) is 18.5 Å². The van der Waals surface area contributed by atoms with Crippen molar-refractivity contribution in [1.29, 1.82) is 0 Å². The minimum absolute atomic E-state index is 0.255. The highest BCUT2D eigenvalue weighted by atomic mass is 16.5. The van der Waals surface area contributed by atoms with E-state index in [1.807, 2.05) is 0 Å². The minimum atomic E-state index is 0.255. The standard InChI is InChI=1S/C13H24N2O2/c1-3-4-12-14-9-13(16)15(12)10(2)11-5-7-17-8-6-11/h10-12,14H,3-9H2,1-2H3. The van der Waals surface area contributed by atoms with Crippen molar-refractivity contribution >= 4 is 5.91 Å². The average Bonchev–Trinajstić information content (AvgIpc) is 2.71. The third kappa shape index (κ3) is 2.80. The van der Waals surface area contributed by atoms with Gasteiger partial charge in [0.05, 0.1) is 12.7 Å². The molecule has 0 aromatic rings. The summed E-state index contributed by atoms with van der Waals surface area (Å²) in [4.78, 5) is 14.1. The zero-order valence-corrected chi connectivity index (χ0v) is 10.9. The predicted molar refractivity (Wildman–Crippen MR) is 66.5 cm³/mol. The Hall–Kier alpha value is -0.610. The number of hydrogen-bond donors (Lipinski definition) is 1. The van der Waals surface area contributed by atoms with E-state index in [-0.39, 0.29) is 12.1 Å². The lowest BCUT2D eigenvalue weighted by molar-refractivity contribution is -0.132. The lowest BCUT2D eigenvalue weighted by Gasteiger charge is -2.37. The first kappa shape index (κ1) is 12.8. The second kappa shape index (κ2) is 5.83. The molecule has 2 rings (SSSR count). The molecule has 2 atom stereocenters. The van der Waals surface area contributed by atoms with Crippen molar-refractivity contribution in [3.63, 3.8) is 0 Å². The van der Waals surface area contributed by atoms with Gasteiger partial charge in [0.15, 0.2) is 0 Å². The predicted octanol–water partition coefficient (Wildman–Crippen LogP) is 1.36. The third-order valence-electron chi connectivity index (χ3n) is 4.06. The van der Waals surface area contributed by atoms with E-state index in [9.17, 15) is 4.79 Å². The molecule has 2 aliphatic rings. The van der Waals surface area contributed by atoms with Gasteiger partial charge in [-0.2, -0.15) is 0 Å². The average molecular weight is 240 g/mol. The van der Waals surface area contributed by atoms with Crippen LogP contribution in [0.3, 0.4) is 0 Å². The Morgan fingerprint density at radius 3 is 2.82 bits per heavy atom. The Balaban J connectivity index is 1.99. The number of hydrogen-bond acceptors (Lipinski definition) is 3. The van der Waals surface area contributed by atoms with Crippen LogP contribution in [0, 0.1) is 5.92 Å². The fourth-order valence-corrected chi connectivity index (χ4v) is 3.02. The Morgan fingerprint density at radius 2 is 2.18 bits per heavy atom. The van der Waals surface area contributed by atoms with Crippen LogP contribution in [0.4, 0.5) is 0 Å². The molecular weight excluding hydrogens is 216 g/mol. The number of amides is 1. The molecule has 0 aliphatic carbocycles. The first-order valence-electron chi connectivity index (χ1n) is 6.86. The summed E-state index contributed by atoms with van der Waals surface area (Å²) in [6, 6.07) is 0.345. The van der Waals surface area contributed by atoms with Gasteiger partial charge in [0.1, 0.15) is 0 Å². The summed E-state index contributed by atoms with van der Waals surface area (Å²) in [6.45, 7) is 6.58. The van der Waals surface area contributed by atoms with Gasteiger partial charge in [0.25, 0.3) is 0 Å². The number of carbonyl (C=O) groups excluding carboxylic acids is 1. The molecule has 2 unspecified atom stereocenters. The van der Waals surface area contributed by atoms with Crippen LogP contribution in [0.5, 0.6) is 0 Å². The van der Waals surface area contributed by atoms with Gasteiger partial charge in [0.2, 0.25) is 5.91 Å². The largest absolute Gasteiger partial charge is 0.381 e. The monoisotopic (exact) mass is 240 g/mol. The first-order chi connectivity index (χ1) is 8.24. The fourth-order valence-electron chi connectivity index (χ4n) is 3.02. The second-order valence-electron chi connectivity index (χ2n) is 5.18. The Bertz CT molecular complexity index is 264. The summed E-state index contributed by atoms with van der Waals surface area (Å²) in [5, 5.41) is 3.32. The minimum Gasteiger partial charge on any atom is -0.381 e. The Morgan fingerprint density at radius 1 is 1.47 bits per heavy atom. The highest BCUT2D eigenvalue weighted by molar-refractivity contribution is 5.81. The number of rotatable bonds is 4. The van der Waals surface area contributed by atoms with Crippen LogP contribution in [-0.2, 0) is 9.53 Å². The zero-order valence-electron chi connectivity index (χ0n) is 10.9. The summed E-state index contributed by atoms with van der Waals surface area (Å²) in [5.41, 5.74) is 0. The topological polar surface area (TPSA) is 41.6 Å². The summed E-state index contributed by atoms with van der Waals surface area (Å²) in [7, 11) is 0. The van der Waals surface area contributed by atoms with E-state index < -0.39 is 0 Å². The normalized spacial score (nSPS) is 28.7. The van der Waals surface area contributed by atoms with Crippen LogP contribution in [0.25, 0.3) is 0 Å². The van der Waals surface area contributed by atoms with Crippen LogP contribution in [0.2, 0.25) is 0 Å². The van der Waals surface area contributed by atoms with Crippen molar-refractivity contribution in [2.45, 2.75) is 51.7 Å². The summed E-state index contributed by atoms with van der Waals surface area (Å²) >= 11 is 0. The quantitative estimate of drug-likeness (QED) is 0.806. The highest BCUT2D eigenvalue weighted by Gasteiger charge is 2.36. The molecule has 0 bridgehead atoms. The number of nitrogens with zero attached hydrogens (tertiary/aromatic N) is 1. The molecule has 4 nitrogen and oxygen atoms in total. The first-order valence-corrected chi connectivity index (χ1v) is 6.86. The summed E-state index contributed by atoms with van der Waals surface area (Å²) < 4.78 is 5.39.